The maximum atomic E-state index is 12.3. The molecule has 1 saturated carbocycles. The molecule has 1 aromatic carbocycles. The van der Waals surface area contributed by atoms with Crippen LogP contribution in [0.5, 0.6) is 5.75 Å². The minimum absolute atomic E-state index is 0.131. The highest BCUT2D eigenvalue weighted by molar-refractivity contribution is 7.99. The standard InChI is InChI=1S/C29H38N4O9S/c1-16-9-8-12-22(13-16)39-15-24-31-32-29(33(24)21-10-6-7-11-21)43-28-25(30-17(2)34)27(41-20(5)37)26(40-19(4)36)23(42-28)14-38-18(3)35/h8-9,12-13,21,23,25-28H,6-7,10-11,14-15H2,1-5H3,(H,30,34)/t23-,25-,26+,27-,28-/m0/s1. The number of benzene rings is 1. The van der Waals surface area contributed by atoms with Gasteiger partial charge in [-0.15, -0.1) is 10.2 Å². The monoisotopic (exact) mass is 618 g/mol. The Morgan fingerprint density at radius 1 is 1.00 bits per heavy atom. The third kappa shape index (κ3) is 8.69. The lowest BCUT2D eigenvalue weighted by molar-refractivity contribution is -0.211. The summed E-state index contributed by atoms with van der Waals surface area (Å²) in [4.78, 5) is 48.3. The fourth-order valence-electron chi connectivity index (χ4n) is 5.36. The Morgan fingerprint density at radius 2 is 1.70 bits per heavy atom. The number of hydrogen-bond acceptors (Lipinski definition) is 12. The zero-order valence-corrected chi connectivity index (χ0v) is 25.8. The summed E-state index contributed by atoms with van der Waals surface area (Å²) in [7, 11) is 0. The number of hydrogen-bond donors (Lipinski definition) is 1. The van der Waals surface area contributed by atoms with Crippen LogP contribution in [0, 0.1) is 6.92 Å². The van der Waals surface area contributed by atoms with E-state index in [-0.39, 0.29) is 19.3 Å². The molecule has 1 amide bonds. The molecular formula is C29H38N4O9S. The van der Waals surface area contributed by atoms with E-state index in [9.17, 15) is 19.2 Å². The second-order valence-corrected chi connectivity index (χ2v) is 11.7. The van der Waals surface area contributed by atoms with Crippen LogP contribution in [0.25, 0.3) is 0 Å². The molecule has 43 heavy (non-hydrogen) atoms. The Kier molecular flexibility index (Phi) is 11.0. The van der Waals surface area contributed by atoms with Crippen molar-refractivity contribution in [2.45, 2.75) is 108 Å². The highest BCUT2D eigenvalue weighted by atomic mass is 32.2. The zero-order chi connectivity index (χ0) is 31.1. The van der Waals surface area contributed by atoms with Crippen molar-refractivity contribution in [3.05, 3.63) is 35.7 Å². The lowest BCUT2D eigenvalue weighted by atomic mass is 9.97. The predicted octanol–water partition coefficient (Wildman–Crippen LogP) is 3.03. The van der Waals surface area contributed by atoms with Gasteiger partial charge in [-0.1, -0.05) is 36.7 Å². The van der Waals surface area contributed by atoms with Crippen LogP contribution in [0.4, 0.5) is 0 Å². The van der Waals surface area contributed by atoms with Gasteiger partial charge >= 0.3 is 17.9 Å². The number of nitrogens with zero attached hydrogens (tertiary/aromatic N) is 3. The summed E-state index contributed by atoms with van der Waals surface area (Å²) in [6.07, 6.45) is 0.661. The molecular weight excluding hydrogens is 580 g/mol. The Morgan fingerprint density at radius 3 is 2.33 bits per heavy atom. The predicted molar refractivity (Wildman–Crippen MR) is 153 cm³/mol. The van der Waals surface area contributed by atoms with Crippen LogP contribution in [0.3, 0.4) is 0 Å². The molecule has 2 fully saturated rings. The molecule has 0 spiro atoms. The van der Waals surface area contributed by atoms with Crippen LogP contribution in [0.15, 0.2) is 29.4 Å². The number of aryl methyl sites for hydroxylation is 1. The lowest BCUT2D eigenvalue weighted by Crippen LogP contribution is -2.65. The van der Waals surface area contributed by atoms with E-state index in [4.69, 9.17) is 23.7 Å². The van der Waals surface area contributed by atoms with Crippen LogP contribution in [0.2, 0.25) is 0 Å². The molecule has 5 atom stereocenters. The van der Waals surface area contributed by atoms with E-state index < -0.39 is 53.6 Å². The summed E-state index contributed by atoms with van der Waals surface area (Å²) in [6.45, 7) is 6.87. The van der Waals surface area contributed by atoms with E-state index in [1.165, 1.54) is 39.5 Å². The van der Waals surface area contributed by atoms with Crippen LogP contribution in [-0.4, -0.2) is 75.0 Å². The Balaban J connectivity index is 1.68. The van der Waals surface area contributed by atoms with Crippen molar-refractivity contribution in [1.82, 2.24) is 20.1 Å². The van der Waals surface area contributed by atoms with Crippen molar-refractivity contribution < 1.29 is 42.9 Å². The fraction of sp³-hybridized carbons (Fsp3) is 0.586. The van der Waals surface area contributed by atoms with Crippen LogP contribution in [-0.2, 0) is 44.7 Å². The summed E-state index contributed by atoms with van der Waals surface area (Å²) in [5, 5.41) is 12.2. The topological polar surface area (TPSA) is 157 Å². The fourth-order valence-corrected chi connectivity index (χ4v) is 6.60. The molecule has 2 heterocycles. The first-order valence-electron chi connectivity index (χ1n) is 14.2. The van der Waals surface area contributed by atoms with Crippen molar-refractivity contribution in [1.29, 1.82) is 0 Å². The summed E-state index contributed by atoms with van der Waals surface area (Å²) < 4.78 is 30.8. The number of amides is 1. The van der Waals surface area contributed by atoms with Gasteiger partial charge in [0.05, 0.1) is 0 Å². The minimum atomic E-state index is -1.17. The van der Waals surface area contributed by atoms with Gasteiger partial charge in [-0.25, -0.2) is 0 Å². The highest BCUT2D eigenvalue weighted by Gasteiger charge is 2.51. The van der Waals surface area contributed by atoms with Crippen molar-refractivity contribution >= 4 is 35.6 Å². The largest absolute Gasteiger partial charge is 0.486 e. The molecule has 2 aromatic rings. The van der Waals surface area contributed by atoms with Gasteiger partial charge in [0.2, 0.25) is 5.91 Å². The van der Waals surface area contributed by atoms with Crippen molar-refractivity contribution in [3.8, 4) is 5.75 Å². The van der Waals surface area contributed by atoms with E-state index in [0.717, 1.165) is 31.2 Å². The summed E-state index contributed by atoms with van der Waals surface area (Å²) in [6, 6.07) is 6.91. The lowest BCUT2D eigenvalue weighted by Gasteiger charge is -2.44. The zero-order valence-electron chi connectivity index (χ0n) is 24.9. The number of esters is 3. The van der Waals surface area contributed by atoms with Crippen molar-refractivity contribution in [2.75, 3.05) is 6.61 Å². The number of ether oxygens (including phenoxy) is 5. The highest BCUT2D eigenvalue weighted by Crippen LogP contribution is 2.39. The molecule has 4 rings (SSSR count). The second kappa shape index (κ2) is 14.7. The summed E-state index contributed by atoms with van der Waals surface area (Å²) in [5.74, 6) is -0.953. The number of rotatable bonds is 11. The first kappa shape index (κ1) is 32.3. The number of carbonyl (C=O) groups excluding carboxylic acids is 4. The van der Waals surface area contributed by atoms with Gasteiger partial charge in [0.1, 0.15) is 36.5 Å². The molecule has 2 aliphatic rings. The quantitative estimate of drug-likeness (QED) is 0.290. The Labute approximate surface area is 254 Å². The van der Waals surface area contributed by atoms with Gasteiger partial charge in [-0.05, 0) is 37.5 Å². The second-order valence-electron chi connectivity index (χ2n) is 10.7. The summed E-state index contributed by atoms with van der Waals surface area (Å²) >= 11 is 1.19. The Bertz CT molecular complexity index is 1310. The van der Waals surface area contributed by atoms with Gasteiger partial charge in [-0.2, -0.15) is 0 Å². The van der Waals surface area contributed by atoms with E-state index in [2.05, 4.69) is 15.5 Å². The van der Waals surface area contributed by atoms with E-state index in [1.807, 2.05) is 35.8 Å². The molecule has 1 aliphatic heterocycles. The number of thioether (sulfide) groups is 1. The molecule has 0 bridgehead atoms. The maximum Gasteiger partial charge on any atom is 0.303 e. The molecule has 14 heteroatoms. The first-order valence-corrected chi connectivity index (χ1v) is 15.1. The van der Waals surface area contributed by atoms with Crippen molar-refractivity contribution in [2.24, 2.45) is 0 Å². The molecule has 13 nitrogen and oxygen atoms in total. The smallest absolute Gasteiger partial charge is 0.303 e. The maximum absolute atomic E-state index is 12.3. The third-order valence-corrected chi connectivity index (χ3v) is 8.20. The van der Waals surface area contributed by atoms with Gasteiger partial charge in [0, 0.05) is 33.7 Å². The number of nitrogens with one attached hydrogen (secondary N) is 1. The molecule has 1 N–H and O–H groups in total. The SMILES string of the molecule is CC(=O)N[C@H]1[C@H](OC(C)=O)[C@H](OC(C)=O)[C@H](COC(C)=O)O[C@H]1Sc1nnc(COc2cccc(C)c2)n1C1CCCC1. The van der Waals surface area contributed by atoms with Gasteiger partial charge in [-0.3, -0.25) is 23.7 Å². The van der Waals surface area contributed by atoms with Crippen molar-refractivity contribution in [3.63, 3.8) is 0 Å². The summed E-state index contributed by atoms with van der Waals surface area (Å²) in [5.41, 5.74) is 0.178. The Hall–Kier alpha value is -3.65. The molecule has 0 radical (unpaired) electrons. The average molecular weight is 619 g/mol. The minimum Gasteiger partial charge on any atom is -0.486 e. The molecule has 1 aromatic heterocycles. The molecule has 234 valence electrons. The van der Waals surface area contributed by atoms with E-state index in [1.54, 1.807) is 0 Å². The van der Waals surface area contributed by atoms with E-state index >= 15 is 0 Å². The van der Waals surface area contributed by atoms with Gasteiger partial charge in [0.15, 0.2) is 23.2 Å². The third-order valence-electron chi connectivity index (χ3n) is 7.08. The number of aromatic nitrogens is 3. The normalized spacial score (nSPS) is 23.8. The van der Waals surface area contributed by atoms with Gasteiger partial charge in [0.25, 0.3) is 0 Å². The molecule has 1 aliphatic carbocycles. The first-order chi connectivity index (χ1) is 20.5. The van der Waals surface area contributed by atoms with E-state index in [0.29, 0.717) is 16.7 Å². The average Bonchev–Trinajstić information content (AvgIpc) is 3.59. The molecule has 0 unspecified atom stereocenters. The van der Waals surface area contributed by atoms with Gasteiger partial charge < -0.3 is 29.0 Å². The molecule has 1 saturated heterocycles. The van der Waals surface area contributed by atoms with Crippen LogP contribution in [0.1, 0.15) is 70.8 Å². The number of carbonyl (C=O) groups is 4. The van der Waals surface area contributed by atoms with Crippen LogP contribution >= 0.6 is 11.8 Å². The van der Waals surface area contributed by atoms with Crippen LogP contribution < -0.4 is 10.1 Å².